The number of amides is 1. The highest BCUT2D eigenvalue weighted by atomic mass is 19.4. The average molecular weight is 285 g/mol. The summed E-state index contributed by atoms with van der Waals surface area (Å²) in [6, 6.07) is 1.29. The highest BCUT2D eigenvalue weighted by Crippen LogP contribution is 2.48. The highest BCUT2D eigenvalue weighted by Gasteiger charge is 2.64. The Morgan fingerprint density at radius 2 is 1.68 bits per heavy atom. The fourth-order valence-corrected chi connectivity index (χ4v) is 1.75. The topological polar surface area (TPSA) is 49.3 Å². The van der Waals surface area contributed by atoms with Gasteiger partial charge in [0, 0.05) is 11.3 Å². The Morgan fingerprint density at radius 3 is 2.16 bits per heavy atom. The Labute approximate surface area is 101 Å². The zero-order valence-corrected chi connectivity index (χ0v) is 8.86. The van der Waals surface area contributed by atoms with Crippen LogP contribution in [-0.4, -0.2) is 17.2 Å². The first kappa shape index (κ1) is 13.7. The summed E-state index contributed by atoms with van der Waals surface area (Å²) in [4.78, 5) is 11.2. The van der Waals surface area contributed by atoms with Gasteiger partial charge in [-0.25, -0.2) is 0 Å². The van der Waals surface area contributed by atoms with Crippen molar-refractivity contribution >= 4 is 11.6 Å². The lowest BCUT2D eigenvalue weighted by Gasteiger charge is -2.24. The van der Waals surface area contributed by atoms with E-state index >= 15 is 0 Å². The summed E-state index contributed by atoms with van der Waals surface area (Å²) in [5.41, 5.74) is -7.01. The van der Waals surface area contributed by atoms with Gasteiger partial charge in [-0.15, -0.1) is 0 Å². The molecule has 0 fully saturated rings. The maximum atomic E-state index is 12.7. The molecule has 0 saturated heterocycles. The molecule has 1 aromatic carbocycles. The number of aliphatic hydroxyl groups is 1. The minimum atomic E-state index is -5.42. The second kappa shape index (κ2) is 3.62. The molecule has 1 unspecified atom stereocenters. The van der Waals surface area contributed by atoms with Crippen LogP contribution in [0, 0.1) is 0 Å². The molecular formula is C10H5F6NO2. The van der Waals surface area contributed by atoms with E-state index < -0.39 is 40.7 Å². The molecule has 0 saturated carbocycles. The summed E-state index contributed by atoms with van der Waals surface area (Å²) in [6.45, 7) is 0. The molecule has 1 heterocycles. The van der Waals surface area contributed by atoms with Gasteiger partial charge in [-0.1, -0.05) is 0 Å². The molecule has 3 nitrogen and oxygen atoms in total. The second-order valence-corrected chi connectivity index (χ2v) is 3.92. The van der Waals surface area contributed by atoms with Crippen LogP contribution >= 0.6 is 0 Å². The van der Waals surface area contributed by atoms with Gasteiger partial charge in [-0.05, 0) is 18.2 Å². The number of rotatable bonds is 0. The lowest BCUT2D eigenvalue weighted by molar-refractivity contribution is -0.252. The molecule has 19 heavy (non-hydrogen) atoms. The molecule has 2 rings (SSSR count). The van der Waals surface area contributed by atoms with Crippen LogP contribution in [0.15, 0.2) is 18.2 Å². The van der Waals surface area contributed by atoms with Crippen molar-refractivity contribution in [3.05, 3.63) is 29.3 Å². The lowest BCUT2D eigenvalue weighted by atomic mass is 9.93. The number of nitrogens with one attached hydrogen (secondary N) is 1. The van der Waals surface area contributed by atoms with Crippen molar-refractivity contribution in [1.82, 2.24) is 0 Å². The van der Waals surface area contributed by atoms with E-state index in [1.807, 2.05) is 0 Å². The quantitative estimate of drug-likeness (QED) is 0.719. The molecule has 1 amide bonds. The van der Waals surface area contributed by atoms with Crippen LogP contribution in [0.25, 0.3) is 0 Å². The first-order valence-corrected chi connectivity index (χ1v) is 4.80. The van der Waals surface area contributed by atoms with Gasteiger partial charge < -0.3 is 10.4 Å². The molecule has 2 N–H and O–H groups in total. The zero-order valence-electron chi connectivity index (χ0n) is 8.86. The molecule has 1 aliphatic rings. The SMILES string of the molecule is O=C1Nc2ccc(C(F)(F)F)cc2C1(O)C(F)(F)F. The lowest BCUT2D eigenvalue weighted by Crippen LogP contribution is -2.47. The first-order valence-electron chi connectivity index (χ1n) is 4.80. The Kier molecular flexibility index (Phi) is 2.60. The number of alkyl halides is 6. The summed E-state index contributed by atoms with van der Waals surface area (Å²) < 4.78 is 75.4. The number of carbonyl (C=O) groups is 1. The van der Waals surface area contributed by atoms with E-state index in [1.54, 1.807) is 5.32 Å². The molecule has 9 heteroatoms. The number of anilines is 1. The monoisotopic (exact) mass is 285 g/mol. The number of hydrogen-bond donors (Lipinski definition) is 2. The molecule has 0 aliphatic carbocycles. The van der Waals surface area contributed by atoms with Crippen LogP contribution in [0.1, 0.15) is 11.1 Å². The molecule has 0 bridgehead atoms. The van der Waals surface area contributed by atoms with E-state index in [-0.39, 0.29) is 6.07 Å². The average Bonchev–Trinajstić information content (AvgIpc) is 2.50. The Balaban J connectivity index is 2.66. The summed E-state index contributed by atoms with van der Waals surface area (Å²) in [6.07, 6.45) is -10.3. The number of fused-ring (bicyclic) bond motifs is 1. The number of benzene rings is 1. The fraction of sp³-hybridized carbons (Fsp3) is 0.300. The third-order valence-corrected chi connectivity index (χ3v) is 2.72. The molecule has 0 spiro atoms. The summed E-state index contributed by atoms with van der Waals surface area (Å²) in [5.74, 6) is -1.82. The van der Waals surface area contributed by atoms with Gasteiger partial charge in [0.1, 0.15) is 0 Å². The zero-order chi connectivity index (χ0) is 14.6. The molecule has 1 aliphatic heterocycles. The standard InChI is InChI=1S/C10H5F6NO2/c11-9(12,13)4-1-2-6-5(3-4)8(19,7(18)17-6)10(14,15)16/h1-3,19H,(H,17,18). The second-order valence-electron chi connectivity index (χ2n) is 3.92. The van der Waals surface area contributed by atoms with Gasteiger partial charge >= 0.3 is 12.4 Å². The Hall–Kier alpha value is -1.77. The van der Waals surface area contributed by atoms with Crippen molar-refractivity contribution in [3.63, 3.8) is 0 Å². The maximum Gasteiger partial charge on any atom is 0.430 e. The Morgan fingerprint density at radius 1 is 1.11 bits per heavy atom. The van der Waals surface area contributed by atoms with Crippen molar-refractivity contribution in [2.45, 2.75) is 18.0 Å². The predicted molar refractivity (Wildman–Crippen MR) is 50.0 cm³/mol. The van der Waals surface area contributed by atoms with Gasteiger partial charge in [0.15, 0.2) is 0 Å². The van der Waals surface area contributed by atoms with Gasteiger partial charge in [0.25, 0.3) is 11.5 Å². The maximum absolute atomic E-state index is 12.7. The van der Waals surface area contributed by atoms with Crippen LogP contribution in [-0.2, 0) is 16.6 Å². The Bertz CT molecular complexity index is 550. The van der Waals surface area contributed by atoms with Crippen LogP contribution < -0.4 is 5.32 Å². The van der Waals surface area contributed by atoms with Crippen molar-refractivity contribution in [2.75, 3.05) is 5.32 Å². The smallest absolute Gasteiger partial charge is 0.368 e. The predicted octanol–water partition coefficient (Wildman–Crippen LogP) is 2.41. The first-order chi connectivity index (χ1) is 8.48. The summed E-state index contributed by atoms with van der Waals surface area (Å²) in [5, 5.41) is 11.1. The van der Waals surface area contributed by atoms with Gasteiger partial charge in [0.2, 0.25) is 0 Å². The molecular weight excluding hydrogens is 280 g/mol. The molecule has 104 valence electrons. The van der Waals surface area contributed by atoms with E-state index in [9.17, 15) is 36.2 Å². The molecule has 1 aromatic rings. The largest absolute Gasteiger partial charge is 0.430 e. The van der Waals surface area contributed by atoms with Crippen molar-refractivity contribution in [2.24, 2.45) is 0 Å². The van der Waals surface area contributed by atoms with Crippen LogP contribution in [0.3, 0.4) is 0 Å². The minimum absolute atomic E-state index is 0.112. The van der Waals surface area contributed by atoms with Crippen LogP contribution in [0.4, 0.5) is 32.0 Å². The number of carbonyl (C=O) groups excluding carboxylic acids is 1. The van der Waals surface area contributed by atoms with Crippen molar-refractivity contribution in [1.29, 1.82) is 0 Å². The van der Waals surface area contributed by atoms with E-state index in [4.69, 9.17) is 0 Å². The number of halogens is 6. The van der Waals surface area contributed by atoms with Crippen molar-refractivity contribution < 1.29 is 36.2 Å². The summed E-state index contributed by atoms with van der Waals surface area (Å²) >= 11 is 0. The van der Waals surface area contributed by atoms with E-state index in [2.05, 4.69) is 0 Å². The van der Waals surface area contributed by atoms with Crippen molar-refractivity contribution in [3.8, 4) is 0 Å². The van der Waals surface area contributed by atoms with Gasteiger partial charge in [-0.2, -0.15) is 26.3 Å². The normalized spacial score (nSPS) is 23.2. The number of hydrogen-bond acceptors (Lipinski definition) is 2. The third-order valence-electron chi connectivity index (χ3n) is 2.72. The van der Waals surface area contributed by atoms with Crippen LogP contribution in [0.5, 0.6) is 0 Å². The van der Waals surface area contributed by atoms with E-state index in [1.165, 1.54) is 0 Å². The molecule has 0 aromatic heterocycles. The highest BCUT2D eigenvalue weighted by molar-refractivity contribution is 6.05. The van der Waals surface area contributed by atoms with Crippen LogP contribution in [0.2, 0.25) is 0 Å². The summed E-state index contributed by atoms with van der Waals surface area (Å²) in [7, 11) is 0. The minimum Gasteiger partial charge on any atom is -0.368 e. The molecule has 0 radical (unpaired) electrons. The van der Waals surface area contributed by atoms with E-state index in [0.29, 0.717) is 12.1 Å². The van der Waals surface area contributed by atoms with E-state index in [0.717, 1.165) is 0 Å². The third kappa shape index (κ3) is 1.84. The fourth-order valence-electron chi connectivity index (χ4n) is 1.75. The van der Waals surface area contributed by atoms with Gasteiger partial charge in [-0.3, -0.25) is 4.79 Å². The molecule has 1 atom stereocenters. The van der Waals surface area contributed by atoms with Gasteiger partial charge in [0.05, 0.1) is 5.56 Å².